The van der Waals surface area contributed by atoms with Crippen molar-refractivity contribution in [3.63, 3.8) is 0 Å². The molecule has 26 heavy (non-hydrogen) atoms. The second-order valence-corrected chi connectivity index (χ2v) is 9.96. The number of rotatable bonds is 4. The smallest absolute Gasteiger partial charge is 0.250 e. The number of amides is 1. The van der Waals surface area contributed by atoms with Crippen molar-refractivity contribution in [3.05, 3.63) is 18.2 Å². The van der Waals surface area contributed by atoms with E-state index in [1.54, 1.807) is 40.2 Å². The Kier molecular flexibility index (Phi) is 5.21. The Balaban J connectivity index is 2.05. The molecule has 142 valence electrons. The molecule has 7 nitrogen and oxygen atoms in total. The van der Waals surface area contributed by atoms with Gasteiger partial charge in [0, 0.05) is 22.9 Å². The first kappa shape index (κ1) is 19.0. The number of anilines is 1. The first-order valence-corrected chi connectivity index (χ1v) is 11.0. The van der Waals surface area contributed by atoms with Crippen LogP contribution in [-0.4, -0.2) is 56.5 Å². The average Bonchev–Trinajstić information content (AvgIpc) is 3.04. The second-order valence-electron chi connectivity index (χ2n) is 6.60. The van der Waals surface area contributed by atoms with Gasteiger partial charge in [0.1, 0.15) is 0 Å². The summed E-state index contributed by atoms with van der Waals surface area (Å²) in [4.78, 5) is 18.3. The molecule has 0 aliphatic carbocycles. The fourth-order valence-corrected chi connectivity index (χ4v) is 6.98. The molecule has 0 N–H and O–H groups in total. The molecule has 0 radical (unpaired) electrons. The van der Waals surface area contributed by atoms with Crippen LogP contribution >= 0.6 is 11.8 Å². The summed E-state index contributed by atoms with van der Waals surface area (Å²) in [5.74, 6) is 0.819. The summed E-state index contributed by atoms with van der Waals surface area (Å²) in [6.45, 7) is 3.58. The Morgan fingerprint density at radius 2 is 1.92 bits per heavy atom. The van der Waals surface area contributed by atoms with E-state index < -0.39 is 9.84 Å². The van der Waals surface area contributed by atoms with Gasteiger partial charge in [0.15, 0.2) is 26.5 Å². The van der Waals surface area contributed by atoms with Crippen LogP contribution < -0.4 is 14.4 Å². The number of amidine groups is 1. The van der Waals surface area contributed by atoms with E-state index in [9.17, 15) is 13.2 Å². The topological polar surface area (TPSA) is 85.3 Å². The Bertz CT molecular complexity index is 851. The van der Waals surface area contributed by atoms with Crippen LogP contribution in [0.1, 0.15) is 13.8 Å². The number of sulfone groups is 1. The predicted octanol–water partition coefficient (Wildman–Crippen LogP) is 1.96. The second kappa shape index (κ2) is 7.11. The van der Waals surface area contributed by atoms with E-state index in [0.29, 0.717) is 16.7 Å². The molecule has 0 bridgehead atoms. The summed E-state index contributed by atoms with van der Waals surface area (Å²) >= 11 is 1.36. The van der Waals surface area contributed by atoms with Crippen molar-refractivity contribution in [2.75, 3.05) is 30.6 Å². The molecule has 0 aromatic heterocycles. The molecule has 3 rings (SSSR count). The van der Waals surface area contributed by atoms with Crippen LogP contribution in [0.3, 0.4) is 0 Å². The van der Waals surface area contributed by atoms with Gasteiger partial charge in [-0.05, 0) is 12.1 Å². The van der Waals surface area contributed by atoms with E-state index in [2.05, 4.69) is 4.99 Å². The zero-order valence-corrected chi connectivity index (χ0v) is 16.8. The maximum absolute atomic E-state index is 12.2. The predicted molar refractivity (Wildman–Crippen MR) is 103 cm³/mol. The highest BCUT2D eigenvalue weighted by Crippen LogP contribution is 2.43. The van der Waals surface area contributed by atoms with Crippen molar-refractivity contribution in [1.29, 1.82) is 0 Å². The largest absolute Gasteiger partial charge is 0.493 e. The number of methoxy groups -OCH3 is 2. The molecule has 2 heterocycles. The van der Waals surface area contributed by atoms with Gasteiger partial charge in [0.2, 0.25) is 0 Å². The summed E-state index contributed by atoms with van der Waals surface area (Å²) in [6.07, 6.45) is 0. The van der Waals surface area contributed by atoms with Crippen LogP contribution in [0, 0.1) is 5.92 Å². The molecule has 1 aromatic rings. The fourth-order valence-electron chi connectivity index (χ4n) is 3.06. The number of carbonyl (C=O) groups is 1. The maximum atomic E-state index is 12.2. The van der Waals surface area contributed by atoms with E-state index in [-0.39, 0.29) is 34.6 Å². The summed E-state index contributed by atoms with van der Waals surface area (Å²) in [5.41, 5.74) is 0.732. The van der Waals surface area contributed by atoms with Gasteiger partial charge in [-0.1, -0.05) is 25.6 Å². The first-order chi connectivity index (χ1) is 12.3. The molecule has 1 aromatic carbocycles. The molecule has 0 saturated carbocycles. The summed E-state index contributed by atoms with van der Waals surface area (Å²) in [6, 6.07) is 5.12. The number of thioether (sulfide) groups is 1. The van der Waals surface area contributed by atoms with Gasteiger partial charge in [0.05, 0.1) is 31.8 Å². The molecule has 2 aliphatic rings. The van der Waals surface area contributed by atoms with Crippen molar-refractivity contribution in [3.8, 4) is 11.5 Å². The van der Waals surface area contributed by atoms with E-state index >= 15 is 0 Å². The lowest BCUT2D eigenvalue weighted by Gasteiger charge is -2.25. The summed E-state index contributed by atoms with van der Waals surface area (Å²) < 4.78 is 34.8. The SMILES string of the molecule is COc1ccc(N2C(=NC(=O)C(C)C)SC3CS(=O)(=O)CC32)cc1OC. The standard InChI is InChI=1S/C17H22N2O5S2/c1-10(2)16(20)18-17-19(12-8-26(21,22)9-15(12)25-17)11-5-6-13(23-3)14(7-11)24-4/h5-7,10,12,15H,8-9H2,1-4H3. The Hall–Kier alpha value is -1.74. The van der Waals surface area contributed by atoms with Crippen LogP contribution in [-0.2, 0) is 14.6 Å². The third kappa shape index (κ3) is 3.55. The third-order valence-electron chi connectivity index (χ3n) is 4.41. The van der Waals surface area contributed by atoms with E-state index in [4.69, 9.17) is 9.47 Å². The average molecular weight is 399 g/mol. The van der Waals surface area contributed by atoms with E-state index in [0.717, 1.165) is 5.69 Å². The van der Waals surface area contributed by atoms with Gasteiger partial charge in [-0.15, -0.1) is 0 Å². The van der Waals surface area contributed by atoms with Crippen LogP contribution in [0.5, 0.6) is 11.5 Å². The minimum Gasteiger partial charge on any atom is -0.493 e. The Morgan fingerprint density at radius 1 is 1.23 bits per heavy atom. The Labute approximate surface area is 157 Å². The van der Waals surface area contributed by atoms with Gasteiger partial charge >= 0.3 is 0 Å². The minimum absolute atomic E-state index is 0.0495. The first-order valence-electron chi connectivity index (χ1n) is 8.26. The highest BCUT2D eigenvalue weighted by Gasteiger charge is 2.49. The molecule has 2 fully saturated rings. The molecular formula is C17H22N2O5S2. The lowest BCUT2D eigenvalue weighted by molar-refractivity contribution is -0.120. The monoisotopic (exact) mass is 398 g/mol. The van der Waals surface area contributed by atoms with Crippen molar-refractivity contribution >= 4 is 38.4 Å². The van der Waals surface area contributed by atoms with Crippen molar-refractivity contribution in [1.82, 2.24) is 0 Å². The summed E-state index contributed by atoms with van der Waals surface area (Å²) in [5, 5.41) is 0.410. The summed E-state index contributed by atoms with van der Waals surface area (Å²) in [7, 11) is -0.00680. The van der Waals surface area contributed by atoms with Crippen LogP contribution in [0.4, 0.5) is 5.69 Å². The lowest BCUT2D eigenvalue weighted by atomic mass is 10.2. The molecule has 2 unspecified atom stereocenters. The third-order valence-corrected chi connectivity index (χ3v) is 7.62. The normalized spacial score (nSPS) is 25.6. The number of aliphatic imine (C=N–C) groups is 1. The molecule has 9 heteroatoms. The number of carbonyl (C=O) groups excluding carboxylic acids is 1. The highest BCUT2D eigenvalue weighted by atomic mass is 32.2. The zero-order chi connectivity index (χ0) is 19.1. The van der Waals surface area contributed by atoms with Gasteiger partial charge in [-0.2, -0.15) is 4.99 Å². The van der Waals surface area contributed by atoms with Crippen LogP contribution in [0.2, 0.25) is 0 Å². The molecule has 0 spiro atoms. The molecular weight excluding hydrogens is 376 g/mol. The van der Waals surface area contributed by atoms with Crippen molar-refractivity contribution in [2.45, 2.75) is 25.1 Å². The fraction of sp³-hybridized carbons (Fsp3) is 0.529. The number of ether oxygens (including phenoxy) is 2. The number of benzene rings is 1. The van der Waals surface area contributed by atoms with Crippen LogP contribution in [0.15, 0.2) is 23.2 Å². The Morgan fingerprint density at radius 3 is 2.54 bits per heavy atom. The van der Waals surface area contributed by atoms with E-state index in [1.165, 1.54) is 11.8 Å². The lowest BCUT2D eigenvalue weighted by Crippen LogP contribution is -2.37. The van der Waals surface area contributed by atoms with Gasteiger partial charge in [-0.25, -0.2) is 8.42 Å². The quantitative estimate of drug-likeness (QED) is 0.766. The molecule has 2 aliphatic heterocycles. The van der Waals surface area contributed by atoms with Crippen molar-refractivity contribution < 1.29 is 22.7 Å². The van der Waals surface area contributed by atoms with Gasteiger partial charge < -0.3 is 14.4 Å². The minimum atomic E-state index is -3.10. The molecule has 1 amide bonds. The van der Waals surface area contributed by atoms with E-state index in [1.807, 2.05) is 11.0 Å². The highest BCUT2D eigenvalue weighted by molar-refractivity contribution is 8.16. The maximum Gasteiger partial charge on any atom is 0.250 e. The molecule has 2 atom stereocenters. The van der Waals surface area contributed by atoms with Gasteiger partial charge in [0.25, 0.3) is 5.91 Å². The van der Waals surface area contributed by atoms with Gasteiger partial charge in [-0.3, -0.25) is 4.79 Å². The number of hydrogen-bond acceptors (Lipinski definition) is 6. The zero-order valence-electron chi connectivity index (χ0n) is 15.1. The van der Waals surface area contributed by atoms with Crippen LogP contribution in [0.25, 0.3) is 0 Å². The number of nitrogens with zero attached hydrogens (tertiary/aromatic N) is 2. The number of hydrogen-bond donors (Lipinski definition) is 0. The molecule has 2 saturated heterocycles. The number of fused-ring (bicyclic) bond motifs is 1. The van der Waals surface area contributed by atoms with Crippen molar-refractivity contribution in [2.24, 2.45) is 10.9 Å².